The molecule has 1 saturated heterocycles. The van der Waals surface area contributed by atoms with Gasteiger partial charge in [-0.05, 0) is 69.0 Å². The lowest BCUT2D eigenvalue weighted by molar-refractivity contribution is 0.112. The second kappa shape index (κ2) is 7.63. The molecule has 138 valence electrons. The van der Waals surface area contributed by atoms with Gasteiger partial charge in [0.15, 0.2) is 0 Å². The first kappa shape index (κ1) is 18.7. The Labute approximate surface area is 157 Å². The van der Waals surface area contributed by atoms with Gasteiger partial charge >= 0.3 is 0 Å². The Morgan fingerprint density at radius 3 is 2.19 bits per heavy atom. The van der Waals surface area contributed by atoms with Crippen molar-refractivity contribution in [3.8, 4) is 0 Å². The van der Waals surface area contributed by atoms with Gasteiger partial charge in [-0.1, -0.05) is 23.8 Å². The maximum Gasteiger partial charge on any atom is 0.150 e. The Morgan fingerprint density at radius 1 is 0.885 bits per heavy atom. The quantitative estimate of drug-likeness (QED) is 0.752. The molecular weight excluding hydrogens is 320 g/mol. The molecule has 0 bridgehead atoms. The van der Waals surface area contributed by atoms with Crippen LogP contribution in [0, 0.1) is 27.7 Å². The van der Waals surface area contributed by atoms with Crippen molar-refractivity contribution in [2.45, 2.75) is 40.7 Å². The topological polar surface area (TPSA) is 23.6 Å². The van der Waals surface area contributed by atoms with E-state index in [4.69, 9.17) is 0 Å². The highest BCUT2D eigenvalue weighted by Crippen LogP contribution is 2.29. The Balaban J connectivity index is 1.71. The zero-order valence-electron chi connectivity index (χ0n) is 16.7. The number of aldehydes is 1. The second-order valence-electron chi connectivity index (χ2n) is 7.67. The van der Waals surface area contributed by atoms with Crippen LogP contribution in [-0.4, -0.2) is 37.4 Å². The number of rotatable bonds is 4. The highest BCUT2D eigenvalue weighted by atomic mass is 16.1. The van der Waals surface area contributed by atoms with Gasteiger partial charge in [0.1, 0.15) is 6.29 Å². The zero-order chi connectivity index (χ0) is 18.8. The summed E-state index contributed by atoms with van der Waals surface area (Å²) < 4.78 is 0. The molecule has 3 nitrogen and oxygen atoms in total. The summed E-state index contributed by atoms with van der Waals surface area (Å²) in [6.07, 6.45) is 0.954. The lowest BCUT2D eigenvalue weighted by atomic mass is 9.98. The second-order valence-corrected chi connectivity index (χ2v) is 7.67. The van der Waals surface area contributed by atoms with Crippen molar-refractivity contribution >= 4 is 12.0 Å². The van der Waals surface area contributed by atoms with Crippen LogP contribution in [-0.2, 0) is 0 Å². The fourth-order valence-electron chi connectivity index (χ4n) is 4.13. The van der Waals surface area contributed by atoms with Crippen molar-refractivity contribution in [2.75, 3.05) is 31.1 Å². The first-order chi connectivity index (χ1) is 12.4. The van der Waals surface area contributed by atoms with Crippen LogP contribution in [0.1, 0.15) is 51.1 Å². The van der Waals surface area contributed by atoms with Crippen LogP contribution in [0.25, 0.3) is 0 Å². The predicted octanol–water partition coefficient (Wildman–Crippen LogP) is 4.62. The number of nitrogens with zero attached hydrogens (tertiary/aromatic N) is 2. The lowest BCUT2D eigenvalue weighted by Crippen LogP contribution is -2.47. The molecule has 0 aliphatic carbocycles. The summed E-state index contributed by atoms with van der Waals surface area (Å²) in [6.45, 7) is 15.0. The Morgan fingerprint density at radius 2 is 1.58 bits per heavy atom. The van der Waals surface area contributed by atoms with Crippen molar-refractivity contribution in [3.63, 3.8) is 0 Å². The third kappa shape index (κ3) is 3.68. The van der Waals surface area contributed by atoms with Crippen molar-refractivity contribution < 1.29 is 4.79 Å². The van der Waals surface area contributed by atoms with Crippen LogP contribution in [0.4, 0.5) is 5.69 Å². The van der Waals surface area contributed by atoms with Crippen LogP contribution in [0.2, 0.25) is 0 Å². The number of aryl methyl sites for hydroxylation is 4. The maximum absolute atomic E-state index is 11.1. The van der Waals surface area contributed by atoms with Crippen molar-refractivity contribution in [2.24, 2.45) is 0 Å². The van der Waals surface area contributed by atoms with E-state index in [1.54, 1.807) is 0 Å². The fourth-order valence-corrected chi connectivity index (χ4v) is 4.13. The van der Waals surface area contributed by atoms with Crippen LogP contribution in [0.15, 0.2) is 30.3 Å². The van der Waals surface area contributed by atoms with Crippen LogP contribution in [0.5, 0.6) is 0 Å². The summed E-state index contributed by atoms with van der Waals surface area (Å²) in [6, 6.07) is 11.4. The molecule has 1 aliphatic rings. The van der Waals surface area contributed by atoms with E-state index < -0.39 is 0 Å². The van der Waals surface area contributed by atoms with E-state index in [0.717, 1.165) is 43.6 Å². The minimum absolute atomic E-state index is 0.443. The number of carbonyl (C=O) groups is 1. The Kier molecular flexibility index (Phi) is 5.47. The van der Waals surface area contributed by atoms with Gasteiger partial charge in [-0.2, -0.15) is 0 Å². The summed E-state index contributed by atoms with van der Waals surface area (Å²) in [5.74, 6) is 0. The molecule has 0 N–H and O–H groups in total. The van der Waals surface area contributed by atoms with Crippen molar-refractivity contribution in [1.29, 1.82) is 0 Å². The number of carbonyl (C=O) groups excluding carboxylic acids is 1. The van der Waals surface area contributed by atoms with Gasteiger partial charge in [0, 0.05) is 43.5 Å². The van der Waals surface area contributed by atoms with E-state index in [9.17, 15) is 4.79 Å². The first-order valence-electron chi connectivity index (χ1n) is 9.53. The van der Waals surface area contributed by atoms with Crippen LogP contribution >= 0.6 is 0 Å². The highest BCUT2D eigenvalue weighted by Gasteiger charge is 2.24. The predicted molar refractivity (Wildman–Crippen MR) is 109 cm³/mol. The smallest absolute Gasteiger partial charge is 0.150 e. The molecule has 1 heterocycles. The zero-order valence-corrected chi connectivity index (χ0v) is 16.7. The van der Waals surface area contributed by atoms with Gasteiger partial charge in [-0.15, -0.1) is 0 Å². The first-order valence-corrected chi connectivity index (χ1v) is 9.53. The number of anilines is 1. The molecule has 0 radical (unpaired) electrons. The molecule has 1 fully saturated rings. The van der Waals surface area contributed by atoms with Gasteiger partial charge in [0.2, 0.25) is 0 Å². The monoisotopic (exact) mass is 350 g/mol. The summed E-state index contributed by atoms with van der Waals surface area (Å²) in [5.41, 5.74) is 8.47. The highest BCUT2D eigenvalue weighted by molar-refractivity contribution is 5.79. The molecule has 1 aliphatic heterocycles. The molecule has 0 aromatic heterocycles. The Hall–Kier alpha value is -2.13. The molecule has 1 unspecified atom stereocenters. The molecule has 3 heteroatoms. The molecular formula is C23H30N2O. The Bertz CT molecular complexity index is 804. The summed E-state index contributed by atoms with van der Waals surface area (Å²) >= 11 is 0. The minimum Gasteiger partial charge on any atom is -0.369 e. The van der Waals surface area contributed by atoms with Gasteiger partial charge in [-0.25, -0.2) is 0 Å². The van der Waals surface area contributed by atoms with E-state index in [1.165, 1.54) is 27.9 Å². The van der Waals surface area contributed by atoms with E-state index in [0.29, 0.717) is 6.04 Å². The van der Waals surface area contributed by atoms with E-state index in [2.05, 4.69) is 61.8 Å². The van der Waals surface area contributed by atoms with Crippen LogP contribution in [0.3, 0.4) is 0 Å². The number of hydrogen-bond donors (Lipinski definition) is 0. The summed E-state index contributed by atoms with van der Waals surface area (Å²) in [5, 5.41) is 0. The van der Waals surface area contributed by atoms with Crippen molar-refractivity contribution in [1.82, 2.24) is 4.90 Å². The molecule has 3 rings (SSSR count). The third-order valence-corrected chi connectivity index (χ3v) is 5.79. The van der Waals surface area contributed by atoms with Gasteiger partial charge < -0.3 is 4.90 Å². The molecule has 0 spiro atoms. The average molecular weight is 351 g/mol. The minimum atomic E-state index is 0.443. The van der Waals surface area contributed by atoms with Crippen LogP contribution < -0.4 is 4.90 Å². The normalized spacial score (nSPS) is 16.6. The largest absolute Gasteiger partial charge is 0.369 e. The average Bonchev–Trinajstić information content (AvgIpc) is 2.63. The molecule has 0 amide bonds. The molecule has 1 atom stereocenters. The molecule has 26 heavy (non-hydrogen) atoms. The third-order valence-electron chi connectivity index (χ3n) is 5.79. The van der Waals surface area contributed by atoms with E-state index in [1.807, 2.05) is 13.0 Å². The lowest BCUT2D eigenvalue weighted by Gasteiger charge is -2.40. The van der Waals surface area contributed by atoms with Crippen molar-refractivity contribution in [3.05, 3.63) is 63.7 Å². The summed E-state index contributed by atoms with van der Waals surface area (Å²) in [7, 11) is 0. The maximum atomic E-state index is 11.1. The van der Waals surface area contributed by atoms with Gasteiger partial charge in [0.25, 0.3) is 0 Å². The SMILES string of the molecule is Cc1ccc(C(C)N2CCN(c3cc(C)c(C=O)cc3C)CC2)c(C)c1. The fraction of sp³-hybridized carbons (Fsp3) is 0.435. The van der Waals surface area contributed by atoms with Gasteiger partial charge in [-0.3, -0.25) is 9.69 Å². The standard InChI is InChI=1S/C23H30N2O/c1-16-6-7-22(18(3)12-16)20(5)24-8-10-25(11-9-24)23-14-17(2)21(15-26)13-19(23)4/h6-7,12-15,20H,8-11H2,1-5H3. The number of hydrogen-bond acceptors (Lipinski definition) is 3. The summed E-state index contributed by atoms with van der Waals surface area (Å²) in [4.78, 5) is 16.2. The van der Waals surface area contributed by atoms with E-state index in [-0.39, 0.29) is 0 Å². The number of benzene rings is 2. The molecule has 2 aromatic rings. The van der Waals surface area contributed by atoms with Gasteiger partial charge in [0.05, 0.1) is 0 Å². The molecule has 2 aromatic carbocycles. The van der Waals surface area contributed by atoms with E-state index >= 15 is 0 Å². The number of piperazine rings is 1. The molecule has 0 saturated carbocycles.